The Morgan fingerprint density at radius 1 is 1.31 bits per heavy atom. The Morgan fingerprint density at radius 2 is 2.12 bits per heavy atom. The molecule has 3 unspecified atom stereocenters. The predicted molar refractivity (Wildman–Crippen MR) is 96.0 cm³/mol. The van der Waals surface area contributed by atoms with E-state index in [1.54, 1.807) is 6.07 Å². The minimum Gasteiger partial charge on any atom is -0.427 e. The van der Waals surface area contributed by atoms with Crippen LogP contribution < -0.4 is 15.8 Å². The highest BCUT2D eigenvalue weighted by Crippen LogP contribution is 2.38. The Hall–Kier alpha value is -1.99. The molecule has 1 aliphatic heterocycles. The summed E-state index contributed by atoms with van der Waals surface area (Å²) in [5, 5.41) is 0. The normalized spacial score (nSPS) is 20.8. The molecule has 0 aliphatic carbocycles. The molecule has 0 saturated carbocycles. The molecule has 1 aromatic carbocycles. The molecule has 8 nitrogen and oxygen atoms in total. The highest BCUT2D eigenvalue weighted by Gasteiger charge is 2.28. The maximum absolute atomic E-state index is 11.8. The summed E-state index contributed by atoms with van der Waals surface area (Å²) in [6.07, 6.45) is 2.77. The minimum atomic E-state index is -2.07. The lowest BCUT2D eigenvalue weighted by Gasteiger charge is -2.17. The predicted octanol–water partition coefficient (Wildman–Crippen LogP) is 2.09. The maximum atomic E-state index is 11.8. The van der Waals surface area contributed by atoms with E-state index in [2.05, 4.69) is 4.98 Å². The van der Waals surface area contributed by atoms with Crippen molar-refractivity contribution in [3.05, 3.63) is 62.9 Å². The fourth-order valence-corrected chi connectivity index (χ4v) is 3.50. The number of aromatic nitrogens is 2. The van der Waals surface area contributed by atoms with E-state index in [1.807, 2.05) is 25.1 Å². The maximum Gasteiger partial charge on any atom is 0.394 e. The molecule has 0 bridgehead atoms. The van der Waals surface area contributed by atoms with E-state index in [4.69, 9.17) is 13.8 Å². The Kier molecular flexibility index (Phi) is 6.21. The van der Waals surface area contributed by atoms with Crippen LogP contribution >= 0.6 is 8.60 Å². The van der Waals surface area contributed by atoms with Crippen molar-refractivity contribution in [2.24, 2.45) is 0 Å². The van der Waals surface area contributed by atoms with E-state index in [0.29, 0.717) is 18.6 Å². The summed E-state index contributed by atoms with van der Waals surface area (Å²) < 4.78 is 18.0. The highest BCUT2D eigenvalue weighted by molar-refractivity contribution is 7.41. The molecule has 3 atom stereocenters. The van der Waals surface area contributed by atoms with Gasteiger partial charge in [0.15, 0.2) is 0 Å². The van der Waals surface area contributed by atoms with Gasteiger partial charge in [0.25, 0.3) is 5.56 Å². The first-order valence-corrected chi connectivity index (χ1v) is 9.54. The molecule has 1 aromatic heterocycles. The smallest absolute Gasteiger partial charge is 0.394 e. The van der Waals surface area contributed by atoms with E-state index >= 15 is 0 Å². The van der Waals surface area contributed by atoms with Crippen LogP contribution in [0.25, 0.3) is 0 Å². The third kappa shape index (κ3) is 4.59. The summed E-state index contributed by atoms with van der Waals surface area (Å²) in [7, 11) is -2.07. The van der Waals surface area contributed by atoms with Crippen molar-refractivity contribution in [1.82, 2.24) is 9.55 Å². The average molecular weight is 380 g/mol. The summed E-state index contributed by atoms with van der Waals surface area (Å²) in [5.74, 6) is 0.605. The molecular formula is C17H21N2O6P. The fraction of sp³-hybridized carbons (Fsp3) is 0.412. The van der Waals surface area contributed by atoms with Crippen molar-refractivity contribution < 1.29 is 18.7 Å². The molecule has 2 heterocycles. The van der Waals surface area contributed by atoms with Crippen molar-refractivity contribution in [1.29, 1.82) is 0 Å². The van der Waals surface area contributed by atoms with Gasteiger partial charge < -0.3 is 14.2 Å². The SMILES string of the molecule is CCc1ccccc1OP(O)OCC1CCC(n2ccc(=O)[nH]c2=O)O1. The van der Waals surface area contributed by atoms with Gasteiger partial charge in [0.05, 0.1) is 12.7 Å². The topological polar surface area (TPSA) is 103 Å². The Balaban J connectivity index is 1.51. The molecule has 0 spiro atoms. The highest BCUT2D eigenvalue weighted by atomic mass is 31.2. The summed E-state index contributed by atoms with van der Waals surface area (Å²) in [5.41, 5.74) is 0.0415. The van der Waals surface area contributed by atoms with Crippen LogP contribution in [0.4, 0.5) is 0 Å². The van der Waals surface area contributed by atoms with Gasteiger partial charge in [-0.2, -0.15) is 0 Å². The van der Waals surface area contributed by atoms with Crippen LogP contribution in [-0.4, -0.2) is 27.2 Å². The van der Waals surface area contributed by atoms with Crippen molar-refractivity contribution in [3.8, 4) is 5.75 Å². The van der Waals surface area contributed by atoms with Crippen molar-refractivity contribution in [3.63, 3.8) is 0 Å². The van der Waals surface area contributed by atoms with Gasteiger partial charge in [-0.1, -0.05) is 25.1 Å². The van der Waals surface area contributed by atoms with E-state index in [9.17, 15) is 14.5 Å². The van der Waals surface area contributed by atoms with Crippen LogP contribution in [0.15, 0.2) is 46.1 Å². The number of hydrogen-bond acceptors (Lipinski definition) is 6. The van der Waals surface area contributed by atoms with Crippen LogP contribution in [0, 0.1) is 0 Å². The van der Waals surface area contributed by atoms with Crippen LogP contribution in [0.1, 0.15) is 31.6 Å². The minimum absolute atomic E-state index is 0.158. The molecule has 1 fully saturated rings. The van der Waals surface area contributed by atoms with Crippen LogP contribution in [-0.2, 0) is 15.7 Å². The zero-order chi connectivity index (χ0) is 18.5. The van der Waals surface area contributed by atoms with E-state index in [1.165, 1.54) is 16.8 Å². The molecule has 2 N–H and O–H groups in total. The van der Waals surface area contributed by atoms with Crippen molar-refractivity contribution in [2.75, 3.05) is 6.61 Å². The average Bonchev–Trinajstić information content (AvgIpc) is 3.09. The summed E-state index contributed by atoms with van der Waals surface area (Å²) in [6.45, 7) is 2.17. The molecule has 9 heteroatoms. The molecular weight excluding hydrogens is 359 g/mol. The van der Waals surface area contributed by atoms with E-state index in [0.717, 1.165) is 12.0 Å². The molecule has 2 aromatic rings. The largest absolute Gasteiger partial charge is 0.427 e. The summed E-state index contributed by atoms with van der Waals surface area (Å²) >= 11 is 0. The van der Waals surface area contributed by atoms with Gasteiger partial charge in [-0.05, 0) is 30.9 Å². The van der Waals surface area contributed by atoms with Crippen LogP contribution in [0.3, 0.4) is 0 Å². The number of benzene rings is 1. The van der Waals surface area contributed by atoms with Gasteiger partial charge in [0.1, 0.15) is 12.0 Å². The van der Waals surface area contributed by atoms with Crippen LogP contribution in [0.2, 0.25) is 0 Å². The fourth-order valence-electron chi connectivity index (χ4n) is 2.81. The zero-order valence-corrected chi connectivity index (χ0v) is 15.2. The molecule has 140 valence electrons. The van der Waals surface area contributed by atoms with Gasteiger partial charge in [0.2, 0.25) is 0 Å². The first-order valence-electron chi connectivity index (χ1n) is 8.41. The Bertz CT molecular complexity index is 851. The zero-order valence-electron chi connectivity index (χ0n) is 14.3. The first kappa shape index (κ1) is 18.8. The third-order valence-corrected chi connectivity index (χ3v) is 4.87. The van der Waals surface area contributed by atoms with Gasteiger partial charge in [-0.15, -0.1) is 0 Å². The van der Waals surface area contributed by atoms with Crippen molar-refractivity contribution >= 4 is 8.60 Å². The second-order valence-electron chi connectivity index (χ2n) is 5.89. The molecule has 1 saturated heterocycles. The Morgan fingerprint density at radius 3 is 2.88 bits per heavy atom. The van der Waals surface area contributed by atoms with Crippen LogP contribution in [0.5, 0.6) is 5.75 Å². The lowest BCUT2D eigenvalue weighted by molar-refractivity contribution is -0.0213. The van der Waals surface area contributed by atoms with E-state index in [-0.39, 0.29) is 12.7 Å². The van der Waals surface area contributed by atoms with E-state index < -0.39 is 26.1 Å². The number of rotatable bonds is 7. The van der Waals surface area contributed by atoms with Crippen molar-refractivity contribution in [2.45, 2.75) is 38.5 Å². The van der Waals surface area contributed by atoms with Gasteiger partial charge in [0, 0.05) is 12.3 Å². The second kappa shape index (κ2) is 8.60. The standard InChI is InChI=1S/C17H21N2O6P/c1-2-12-5-3-4-6-14(12)25-26(22)23-11-13-7-8-16(24-13)19-10-9-15(20)18-17(19)21/h3-6,9-10,13,16,22H,2,7-8,11H2,1H3,(H,18,20,21). The number of aromatic amines is 1. The van der Waals surface area contributed by atoms with Gasteiger partial charge in [-0.25, -0.2) is 4.79 Å². The number of para-hydroxylation sites is 1. The molecule has 0 radical (unpaired) electrons. The molecule has 26 heavy (non-hydrogen) atoms. The van der Waals surface area contributed by atoms with Gasteiger partial charge >= 0.3 is 14.3 Å². The lowest BCUT2D eigenvalue weighted by Crippen LogP contribution is -2.31. The monoisotopic (exact) mass is 380 g/mol. The Labute approximate surface area is 151 Å². The van der Waals surface area contributed by atoms with Gasteiger partial charge in [-0.3, -0.25) is 18.9 Å². The number of nitrogens with one attached hydrogen (secondary N) is 1. The number of nitrogens with zero attached hydrogens (tertiary/aromatic N) is 1. The quantitative estimate of drug-likeness (QED) is 0.713. The number of H-pyrrole nitrogens is 1. The third-order valence-electron chi connectivity index (χ3n) is 4.15. The summed E-state index contributed by atoms with van der Waals surface area (Å²) in [4.78, 5) is 35.1. The summed E-state index contributed by atoms with van der Waals surface area (Å²) in [6, 6.07) is 8.76. The number of aryl methyl sites for hydroxylation is 1. The number of hydrogen-bond donors (Lipinski definition) is 2. The second-order valence-corrected chi connectivity index (χ2v) is 6.81. The lowest BCUT2D eigenvalue weighted by atomic mass is 10.1. The molecule has 1 aliphatic rings. The molecule has 3 rings (SSSR count). The first-order chi connectivity index (χ1) is 12.6. The molecule has 0 amide bonds. The number of ether oxygens (including phenoxy) is 1.